The zero-order valence-corrected chi connectivity index (χ0v) is 17.6. The molecular weight excluding hydrogens is 413 g/mol. The van der Waals surface area contributed by atoms with Crippen LogP contribution >= 0.6 is 23.8 Å². The summed E-state index contributed by atoms with van der Waals surface area (Å²) in [5.41, 5.74) is 1.31. The first kappa shape index (κ1) is 22.8. The fourth-order valence-electron chi connectivity index (χ4n) is 2.58. The van der Waals surface area contributed by atoms with Gasteiger partial charge in [-0.15, -0.1) is 0 Å². The molecule has 0 radical (unpaired) electrons. The highest BCUT2D eigenvalue weighted by atomic mass is 35.5. The third-order valence-electron chi connectivity index (χ3n) is 4.07. The Kier molecular flexibility index (Phi) is 9.02. The van der Waals surface area contributed by atoms with Crippen molar-refractivity contribution in [1.29, 1.82) is 0 Å². The topological polar surface area (TPSA) is 70.2 Å². The van der Waals surface area contributed by atoms with Gasteiger partial charge in [0.25, 0.3) is 5.91 Å². The average molecular weight is 436 g/mol. The molecule has 2 aromatic rings. The molecule has 0 saturated heterocycles. The monoisotopic (exact) mass is 435 g/mol. The molecule has 2 aromatic carbocycles. The van der Waals surface area contributed by atoms with Gasteiger partial charge in [0.1, 0.15) is 5.82 Å². The molecule has 8 heteroatoms. The molecular formula is C21H23ClFN3O2S. The number of hydrogen-bond donors (Lipinski definition) is 3. The van der Waals surface area contributed by atoms with Gasteiger partial charge in [0.15, 0.2) is 5.11 Å². The molecule has 2 rings (SSSR count). The molecule has 29 heavy (non-hydrogen) atoms. The highest BCUT2D eigenvalue weighted by Crippen LogP contribution is 2.20. The minimum Gasteiger partial charge on any atom is -0.332 e. The number of hydrogen-bond acceptors (Lipinski definition) is 3. The van der Waals surface area contributed by atoms with Gasteiger partial charge < -0.3 is 16.0 Å². The van der Waals surface area contributed by atoms with E-state index in [4.69, 9.17) is 23.8 Å². The maximum absolute atomic E-state index is 13.2. The number of halogens is 2. The lowest BCUT2D eigenvalue weighted by Gasteiger charge is -2.11. The van der Waals surface area contributed by atoms with Gasteiger partial charge >= 0.3 is 0 Å². The molecule has 3 N–H and O–H groups in total. The van der Waals surface area contributed by atoms with Crippen LogP contribution in [0.1, 0.15) is 49.4 Å². The van der Waals surface area contributed by atoms with E-state index >= 15 is 0 Å². The van der Waals surface area contributed by atoms with Crippen LogP contribution in [0.25, 0.3) is 0 Å². The standard InChI is InChI=1S/C21H23ClFN3O2S/c1-2-3-4-5-9-19(27)26-21(29)25-15-8-6-7-14(12-15)20(28)24-16-10-11-18(23)17(22)13-16/h6-8,10-13H,2-5,9H2,1H3,(H,24,28)(H2,25,26,27,29). The highest BCUT2D eigenvalue weighted by molar-refractivity contribution is 7.80. The van der Waals surface area contributed by atoms with Crippen molar-refractivity contribution in [3.8, 4) is 0 Å². The molecule has 0 aliphatic rings. The van der Waals surface area contributed by atoms with Crippen LogP contribution < -0.4 is 16.0 Å². The summed E-state index contributed by atoms with van der Waals surface area (Å²) in [6.45, 7) is 2.11. The Morgan fingerprint density at radius 2 is 1.79 bits per heavy atom. The molecule has 0 spiro atoms. The molecule has 0 unspecified atom stereocenters. The van der Waals surface area contributed by atoms with Crippen molar-refractivity contribution >= 4 is 52.1 Å². The summed E-state index contributed by atoms with van der Waals surface area (Å²) in [5.74, 6) is -1.08. The molecule has 5 nitrogen and oxygen atoms in total. The predicted molar refractivity (Wildman–Crippen MR) is 119 cm³/mol. The second kappa shape index (κ2) is 11.5. The van der Waals surface area contributed by atoms with Crippen molar-refractivity contribution in [2.75, 3.05) is 10.6 Å². The molecule has 0 saturated carbocycles. The Hall–Kier alpha value is -2.51. The Morgan fingerprint density at radius 1 is 1.03 bits per heavy atom. The van der Waals surface area contributed by atoms with E-state index in [1.807, 2.05) is 0 Å². The summed E-state index contributed by atoms with van der Waals surface area (Å²) in [7, 11) is 0. The van der Waals surface area contributed by atoms with Crippen molar-refractivity contribution in [2.24, 2.45) is 0 Å². The normalized spacial score (nSPS) is 10.3. The number of carbonyl (C=O) groups excluding carboxylic acids is 2. The van der Waals surface area contributed by atoms with E-state index in [-0.39, 0.29) is 21.9 Å². The Labute approximate surface area is 180 Å². The van der Waals surface area contributed by atoms with Gasteiger partial charge in [-0.05, 0) is 55.0 Å². The van der Waals surface area contributed by atoms with E-state index in [0.717, 1.165) is 25.7 Å². The molecule has 0 fully saturated rings. The fourth-order valence-corrected chi connectivity index (χ4v) is 2.99. The van der Waals surface area contributed by atoms with Gasteiger partial charge in [-0.3, -0.25) is 9.59 Å². The summed E-state index contributed by atoms with van der Waals surface area (Å²) >= 11 is 10.9. The summed E-state index contributed by atoms with van der Waals surface area (Å²) in [5, 5.41) is 8.29. The molecule has 0 aromatic heterocycles. The van der Waals surface area contributed by atoms with Gasteiger partial charge in [0, 0.05) is 23.4 Å². The molecule has 0 aliphatic heterocycles. The third-order valence-corrected chi connectivity index (χ3v) is 4.56. The van der Waals surface area contributed by atoms with Crippen LogP contribution in [0.4, 0.5) is 15.8 Å². The van der Waals surface area contributed by atoms with Crippen LogP contribution in [-0.4, -0.2) is 16.9 Å². The lowest BCUT2D eigenvalue weighted by molar-refractivity contribution is -0.119. The van der Waals surface area contributed by atoms with Crippen LogP contribution in [0.2, 0.25) is 5.02 Å². The highest BCUT2D eigenvalue weighted by Gasteiger charge is 2.10. The van der Waals surface area contributed by atoms with Gasteiger partial charge in [-0.2, -0.15) is 0 Å². The van der Waals surface area contributed by atoms with Gasteiger partial charge in [0.05, 0.1) is 5.02 Å². The van der Waals surface area contributed by atoms with Gasteiger partial charge in [-0.1, -0.05) is 43.9 Å². The molecule has 0 atom stereocenters. The Morgan fingerprint density at radius 3 is 2.52 bits per heavy atom. The number of thiocarbonyl (C=S) groups is 1. The van der Waals surface area contributed by atoms with Crippen molar-refractivity contribution in [3.63, 3.8) is 0 Å². The first-order valence-corrected chi connectivity index (χ1v) is 10.1. The van der Waals surface area contributed by atoms with E-state index in [1.54, 1.807) is 24.3 Å². The number of amides is 2. The van der Waals surface area contributed by atoms with Crippen LogP contribution in [0.3, 0.4) is 0 Å². The zero-order valence-electron chi connectivity index (χ0n) is 16.1. The van der Waals surface area contributed by atoms with Gasteiger partial charge in [-0.25, -0.2) is 4.39 Å². The third kappa shape index (κ3) is 7.79. The van der Waals surface area contributed by atoms with E-state index < -0.39 is 5.82 Å². The Bertz CT molecular complexity index is 892. The number of carbonyl (C=O) groups is 2. The fraction of sp³-hybridized carbons (Fsp3) is 0.286. The maximum Gasteiger partial charge on any atom is 0.255 e. The molecule has 0 bridgehead atoms. The largest absolute Gasteiger partial charge is 0.332 e. The predicted octanol–water partition coefficient (Wildman–Crippen LogP) is 5.51. The van der Waals surface area contributed by atoms with Crippen molar-refractivity contribution < 1.29 is 14.0 Å². The first-order chi connectivity index (χ1) is 13.9. The number of nitrogens with one attached hydrogen (secondary N) is 3. The van der Waals surface area contributed by atoms with Crippen molar-refractivity contribution in [1.82, 2.24) is 5.32 Å². The Balaban J connectivity index is 1.91. The van der Waals surface area contributed by atoms with E-state index in [2.05, 4.69) is 22.9 Å². The minimum absolute atomic E-state index is 0.0750. The van der Waals surface area contributed by atoms with E-state index in [0.29, 0.717) is 23.4 Å². The van der Waals surface area contributed by atoms with E-state index in [9.17, 15) is 14.0 Å². The van der Waals surface area contributed by atoms with Crippen LogP contribution in [0.15, 0.2) is 42.5 Å². The van der Waals surface area contributed by atoms with Crippen molar-refractivity contribution in [2.45, 2.75) is 39.0 Å². The lowest BCUT2D eigenvalue weighted by atomic mass is 10.1. The minimum atomic E-state index is -0.559. The summed E-state index contributed by atoms with van der Waals surface area (Å²) in [4.78, 5) is 24.3. The summed E-state index contributed by atoms with van der Waals surface area (Å²) in [6, 6.07) is 10.6. The van der Waals surface area contributed by atoms with Crippen LogP contribution in [0, 0.1) is 5.82 Å². The second-order valence-corrected chi connectivity index (χ2v) is 7.29. The second-order valence-electron chi connectivity index (χ2n) is 6.48. The molecule has 0 heterocycles. The maximum atomic E-state index is 13.2. The van der Waals surface area contributed by atoms with E-state index in [1.165, 1.54) is 18.2 Å². The molecule has 154 valence electrons. The lowest BCUT2D eigenvalue weighted by Crippen LogP contribution is -2.34. The number of rotatable bonds is 8. The number of benzene rings is 2. The number of anilines is 2. The van der Waals surface area contributed by atoms with Crippen molar-refractivity contribution in [3.05, 3.63) is 58.9 Å². The van der Waals surface area contributed by atoms with Crippen LogP contribution in [-0.2, 0) is 4.79 Å². The zero-order chi connectivity index (χ0) is 21.2. The number of unbranched alkanes of at least 4 members (excludes halogenated alkanes) is 3. The smallest absolute Gasteiger partial charge is 0.255 e. The summed E-state index contributed by atoms with van der Waals surface area (Å²) < 4.78 is 13.2. The first-order valence-electron chi connectivity index (χ1n) is 9.36. The summed E-state index contributed by atoms with van der Waals surface area (Å²) in [6.07, 6.45) is 4.48. The average Bonchev–Trinajstić information content (AvgIpc) is 2.68. The van der Waals surface area contributed by atoms with Crippen LogP contribution in [0.5, 0.6) is 0 Å². The quantitative estimate of drug-likeness (QED) is 0.377. The SMILES string of the molecule is CCCCCCC(=O)NC(=S)Nc1cccc(C(=O)Nc2ccc(F)c(Cl)c2)c1. The molecule has 0 aliphatic carbocycles. The molecule has 2 amide bonds. The van der Waals surface area contributed by atoms with Gasteiger partial charge in [0.2, 0.25) is 5.91 Å².